The first-order valence-corrected chi connectivity index (χ1v) is 4.45. The van der Waals surface area contributed by atoms with E-state index in [4.69, 9.17) is 4.42 Å². The Morgan fingerprint density at radius 1 is 1.75 bits per heavy atom. The van der Waals surface area contributed by atoms with E-state index in [2.05, 4.69) is 10.3 Å². The molecule has 0 radical (unpaired) electrons. The summed E-state index contributed by atoms with van der Waals surface area (Å²) in [5, 5.41) is 3.37. The molecule has 1 aromatic rings. The molecule has 2 unspecified atom stereocenters. The Morgan fingerprint density at radius 2 is 2.67 bits per heavy atom. The zero-order valence-corrected chi connectivity index (χ0v) is 7.13. The third-order valence-electron chi connectivity index (χ3n) is 3.11. The van der Waals surface area contributed by atoms with Crippen LogP contribution >= 0.6 is 0 Å². The van der Waals surface area contributed by atoms with E-state index in [1.54, 1.807) is 6.26 Å². The molecule has 0 aromatic carbocycles. The fourth-order valence-corrected chi connectivity index (χ4v) is 2.25. The van der Waals surface area contributed by atoms with Crippen molar-refractivity contribution >= 4 is 0 Å². The number of aromatic nitrogens is 1. The van der Waals surface area contributed by atoms with Gasteiger partial charge in [0.25, 0.3) is 0 Å². The number of piperidine rings is 1. The SMILES string of the molecule is Cc1coc(C23CNCC2C3)n1. The molecule has 1 aromatic heterocycles. The second-order valence-corrected chi connectivity index (χ2v) is 3.98. The van der Waals surface area contributed by atoms with Crippen LogP contribution in [0.25, 0.3) is 0 Å². The molecule has 12 heavy (non-hydrogen) atoms. The van der Waals surface area contributed by atoms with Gasteiger partial charge < -0.3 is 9.73 Å². The summed E-state index contributed by atoms with van der Waals surface area (Å²) in [5.74, 6) is 1.74. The van der Waals surface area contributed by atoms with Gasteiger partial charge in [-0.3, -0.25) is 0 Å². The Hall–Kier alpha value is -0.830. The second-order valence-electron chi connectivity index (χ2n) is 3.98. The van der Waals surface area contributed by atoms with Crippen molar-refractivity contribution in [3.8, 4) is 0 Å². The van der Waals surface area contributed by atoms with Crippen LogP contribution in [0.2, 0.25) is 0 Å². The van der Waals surface area contributed by atoms with Crippen LogP contribution in [-0.2, 0) is 5.41 Å². The number of fused-ring (bicyclic) bond motifs is 1. The number of rotatable bonds is 1. The van der Waals surface area contributed by atoms with Crippen molar-refractivity contribution in [2.45, 2.75) is 18.8 Å². The van der Waals surface area contributed by atoms with Crippen LogP contribution in [0.1, 0.15) is 18.0 Å². The first-order chi connectivity index (χ1) is 5.81. The zero-order valence-electron chi connectivity index (χ0n) is 7.13. The fourth-order valence-electron chi connectivity index (χ4n) is 2.25. The van der Waals surface area contributed by atoms with Crippen molar-refractivity contribution in [3.63, 3.8) is 0 Å². The molecule has 2 heterocycles. The van der Waals surface area contributed by atoms with E-state index in [0.29, 0.717) is 0 Å². The van der Waals surface area contributed by atoms with Crippen molar-refractivity contribution in [1.82, 2.24) is 10.3 Å². The van der Waals surface area contributed by atoms with Gasteiger partial charge in [0.2, 0.25) is 5.89 Å². The molecule has 1 aliphatic heterocycles. The molecule has 0 spiro atoms. The minimum atomic E-state index is 0.286. The quantitative estimate of drug-likeness (QED) is 0.668. The Labute approximate surface area is 71.2 Å². The van der Waals surface area contributed by atoms with E-state index in [1.807, 2.05) is 6.92 Å². The van der Waals surface area contributed by atoms with Gasteiger partial charge in [0.1, 0.15) is 6.26 Å². The van der Waals surface area contributed by atoms with Gasteiger partial charge >= 0.3 is 0 Å². The van der Waals surface area contributed by atoms with E-state index in [0.717, 1.165) is 30.6 Å². The summed E-state index contributed by atoms with van der Waals surface area (Å²) >= 11 is 0. The van der Waals surface area contributed by atoms with Gasteiger partial charge in [-0.05, 0) is 25.8 Å². The number of oxazole rings is 1. The van der Waals surface area contributed by atoms with Gasteiger partial charge in [0.15, 0.2) is 0 Å². The summed E-state index contributed by atoms with van der Waals surface area (Å²) in [6.45, 7) is 4.17. The Balaban J connectivity index is 1.99. The van der Waals surface area contributed by atoms with Crippen LogP contribution in [-0.4, -0.2) is 18.1 Å². The number of nitrogens with zero attached hydrogens (tertiary/aromatic N) is 1. The first-order valence-electron chi connectivity index (χ1n) is 4.45. The molecule has 1 saturated heterocycles. The highest BCUT2D eigenvalue weighted by Gasteiger charge is 2.61. The lowest BCUT2D eigenvalue weighted by Gasteiger charge is -2.04. The minimum absolute atomic E-state index is 0.286. The fraction of sp³-hybridized carbons (Fsp3) is 0.667. The molecule has 3 nitrogen and oxygen atoms in total. The molecular formula is C9H12N2O. The zero-order chi connectivity index (χ0) is 8.18. The van der Waals surface area contributed by atoms with Crippen molar-refractivity contribution in [1.29, 1.82) is 0 Å². The molecule has 0 amide bonds. The molecule has 64 valence electrons. The lowest BCUT2D eigenvalue weighted by Crippen LogP contribution is -2.19. The lowest BCUT2D eigenvalue weighted by molar-refractivity contribution is 0.435. The van der Waals surface area contributed by atoms with Crippen molar-refractivity contribution < 1.29 is 4.42 Å². The van der Waals surface area contributed by atoms with Crippen LogP contribution in [0.15, 0.2) is 10.7 Å². The molecule has 1 aliphatic carbocycles. The van der Waals surface area contributed by atoms with Crippen molar-refractivity contribution in [3.05, 3.63) is 17.8 Å². The highest BCUT2D eigenvalue weighted by molar-refractivity contribution is 5.26. The highest BCUT2D eigenvalue weighted by Crippen LogP contribution is 2.55. The molecule has 0 bridgehead atoms. The summed E-state index contributed by atoms with van der Waals surface area (Å²) in [4.78, 5) is 4.40. The van der Waals surface area contributed by atoms with Gasteiger partial charge in [0, 0.05) is 6.54 Å². The first kappa shape index (κ1) is 6.66. The predicted octanol–water partition coefficient (Wildman–Crippen LogP) is 0.844. The Bertz CT molecular complexity index is 320. The van der Waals surface area contributed by atoms with Crippen LogP contribution < -0.4 is 5.32 Å². The average molecular weight is 164 g/mol. The molecule has 1 saturated carbocycles. The minimum Gasteiger partial charge on any atom is -0.448 e. The van der Waals surface area contributed by atoms with Gasteiger partial charge in [-0.25, -0.2) is 4.98 Å². The molecule has 3 rings (SSSR count). The summed E-state index contributed by atoms with van der Waals surface area (Å²) in [6, 6.07) is 0. The number of nitrogens with one attached hydrogen (secondary N) is 1. The molecule has 2 aliphatic rings. The predicted molar refractivity (Wildman–Crippen MR) is 43.9 cm³/mol. The topological polar surface area (TPSA) is 38.1 Å². The maximum Gasteiger partial charge on any atom is 0.202 e. The average Bonchev–Trinajstić information content (AvgIpc) is 2.50. The third-order valence-corrected chi connectivity index (χ3v) is 3.11. The van der Waals surface area contributed by atoms with Crippen LogP contribution in [0.4, 0.5) is 0 Å². The summed E-state index contributed by atoms with van der Waals surface area (Å²) in [7, 11) is 0. The van der Waals surface area contributed by atoms with Crippen LogP contribution in [0.5, 0.6) is 0 Å². The number of aryl methyl sites for hydroxylation is 1. The van der Waals surface area contributed by atoms with Crippen molar-refractivity contribution in [2.24, 2.45) is 5.92 Å². The second kappa shape index (κ2) is 1.91. The molecule has 2 atom stereocenters. The van der Waals surface area contributed by atoms with E-state index in [1.165, 1.54) is 6.42 Å². The maximum atomic E-state index is 5.44. The summed E-state index contributed by atoms with van der Waals surface area (Å²) in [5.41, 5.74) is 1.28. The number of hydrogen-bond donors (Lipinski definition) is 1. The van der Waals surface area contributed by atoms with E-state index >= 15 is 0 Å². The smallest absolute Gasteiger partial charge is 0.202 e. The van der Waals surface area contributed by atoms with E-state index in [9.17, 15) is 0 Å². The van der Waals surface area contributed by atoms with Gasteiger partial charge in [-0.1, -0.05) is 0 Å². The van der Waals surface area contributed by atoms with Gasteiger partial charge in [-0.2, -0.15) is 0 Å². The van der Waals surface area contributed by atoms with Gasteiger partial charge in [-0.15, -0.1) is 0 Å². The normalized spacial score (nSPS) is 38.2. The molecular weight excluding hydrogens is 152 g/mol. The van der Waals surface area contributed by atoms with E-state index < -0.39 is 0 Å². The molecule has 3 heteroatoms. The largest absolute Gasteiger partial charge is 0.448 e. The van der Waals surface area contributed by atoms with E-state index in [-0.39, 0.29) is 5.41 Å². The van der Waals surface area contributed by atoms with Crippen molar-refractivity contribution in [2.75, 3.05) is 13.1 Å². The molecule has 2 fully saturated rings. The Morgan fingerprint density at radius 3 is 3.17 bits per heavy atom. The van der Waals surface area contributed by atoms with Crippen LogP contribution in [0.3, 0.4) is 0 Å². The third kappa shape index (κ3) is 0.672. The highest BCUT2D eigenvalue weighted by atomic mass is 16.3. The Kier molecular flexibility index (Phi) is 1.06. The van der Waals surface area contributed by atoms with Crippen LogP contribution in [0, 0.1) is 12.8 Å². The van der Waals surface area contributed by atoms with Gasteiger partial charge in [0.05, 0.1) is 11.1 Å². The standard InChI is InChI=1S/C9H12N2O/c1-6-4-12-8(11-6)9-2-7(9)3-10-5-9/h4,7,10H,2-3,5H2,1H3. The number of hydrogen-bond acceptors (Lipinski definition) is 3. The molecule has 1 N–H and O–H groups in total. The monoisotopic (exact) mass is 164 g/mol. The maximum absolute atomic E-state index is 5.44. The summed E-state index contributed by atoms with van der Waals surface area (Å²) in [6.07, 6.45) is 3.01. The lowest BCUT2D eigenvalue weighted by atomic mass is 10.1. The summed E-state index contributed by atoms with van der Waals surface area (Å²) < 4.78 is 5.44.